The molecule has 1 unspecified atom stereocenters. The Hall–Kier alpha value is -5.10. The van der Waals surface area contributed by atoms with Gasteiger partial charge in [-0.1, -0.05) is 42.3 Å². The maximum Gasteiger partial charge on any atom is 0.322 e. The number of imide groups is 1. The van der Waals surface area contributed by atoms with Crippen LogP contribution in [0.25, 0.3) is 22.0 Å². The van der Waals surface area contributed by atoms with Gasteiger partial charge in [0.1, 0.15) is 17.9 Å². The van der Waals surface area contributed by atoms with Gasteiger partial charge in [-0.15, -0.1) is 5.92 Å². The number of carbonyl (C=O) groups is 3. The number of benzene rings is 3. The van der Waals surface area contributed by atoms with Crippen LogP contribution in [0.5, 0.6) is 5.75 Å². The molecular weight excluding hydrogens is 506 g/mol. The van der Waals surface area contributed by atoms with Crippen molar-refractivity contribution in [2.24, 2.45) is 7.05 Å². The lowest BCUT2D eigenvalue weighted by Gasteiger charge is -2.21. The van der Waals surface area contributed by atoms with E-state index in [1.807, 2.05) is 66.5 Å². The minimum Gasteiger partial charge on any atom is -0.481 e. The first-order chi connectivity index (χ1) is 19.2. The van der Waals surface area contributed by atoms with Crippen LogP contribution in [0.1, 0.15) is 35.3 Å². The lowest BCUT2D eigenvalue weighted by atomic mass is 9.90. The van der Waals surface area contributed by atoms with Gasteiger partial charge in [0.2, 0.25) is 0 Å². The predicted octanol–water partition coefficient (Wildman–Crippen LogP) is 3.97. The third-order valence-electron chi connectivity index (χ3n) is 7.14. The van der Waals surface area contributed by atoms with Crippen molar-refractivity contribution in [3.63, 3.8) is 0 Å². The van der Waals surface area contributed by atoms with E-state index in [1.165, 1.54) is 0 Å². The molecule has 1 aromatic heterocycles. The molecule has 2 aliphatic rings. The second kappa shape index (κ2) is 10.6. The number of hydrogen-bond donors (Lipinski definition) is 2. The van der Waals surface area contributed by atoms with Crippen molar-refractivity contribution in [2.75, 3.05) is 13.7 Å². The molecule has 0 saturated carbocycles. The number of ether oxygens (including phenoxy) is 1. The Bertz CT molecular complexity index is 1700. The number of aryl methyl sites for hydroxylation is 1. The molecule has 0 spiro atoms. The average Bonchev–Trinajstić information content (AvgIpc) is 3.56. The number of rotatable bonds is 4. The topological polar surface area (TPSA) is 106 Å². The molecule has 0 aliphatic carbocycles. The molecule has 40 heavy (non-hydrogen) atoms. The van der Waals surface area contributed by atoms with Gasteiger partial charge in [0.05, 0.1) is 11.7 Å². The molecule has 4 amide bonds. The summed E-state index contributed by atoms with van der Waals surface area (Å²) in [6.07, 6.45) is 1.84. The van der Waals surface area contributed by atoms with E-state index < -0.39 is 11.6 Å². The molecule has 1 saturated heterocycles. The minimum absolute atomic E-state index is 0.0574. The standard InChI is InChI=1S/C18H16N4O2.C13H13NO2/c1-18(16(23)20-17(24)21-18)14-6-3-11(4-7-14)12-5-8-15-13(9-12)10-19-22(15)2;1-3-4-7-16-11-6-5-10-9-14(2)13(15)12(10)8-11/h3-10H,1-2H3,(H2,20,21,23,24);5-6,8H,7,9H2,1-2H3. The summed E-state index contributed by atoms with van der Waals surface area (Å²) in [5, 5.41) is 10.3. The minimum atomic E-state index is -1.02. The van der Waals surface area contributed by atoms with Gasteiger partial charge in [-0.2, -0.15) is 5.10 Å². The number of fused-ring (bicyclic) bond motifs is 2. The Balaban J connectivity index is 0.000000176. The highest BCUT2D eigenvalue weighted by Crippen LogP contribution is 2.29. The number of hydrogen-bond acceptors (Lipinski definition) is 5. The zero-order valence-corrected chi connectivity index (χ0v) is 22.7. The molecule has 9 heteroatoms. The summed E-state index contributed by atoms with van der Waals surface area (Å²) in [7, 11) is 3.71. The Morgan fingerprint density at radius 3 is 2.45 bits per heavy atom. The van der Waals surface area contributed by atoms with Gasteiger partial charge in [0, 0.05) is 31.6 Å². The Morgan fingerprint density at radius 2 is 1.75 bits per heavy atom. The summed E-state index contributed by atoms with van der Waals surface area (Å²) >= 11 is 0. The largest absolute Gasteiger partial charge is 0.481 e. The Kier molecular flexibility index (Phi) is 7.01. The second-order valence-electron chi connectivity index (χ2n) is 9.85. The predicted molar refractivity (Wildman–Crippen MR) is 151 cm³/mol. The van der Waals surface area contributed by atoms with Crippen LogP contribution < -0.4 is 15.4 Å². The molecule has 6 rings (SSSR count). The lowest BCUT2D eigenvalue weighted by Crippen LogP contribution is -2.40. The van der Waals surface area contributed by atoms with Crippen LogP contribution in [0.3, 0.4) is 0 Å². The van der Waals surface area contributed by atoms with Crippen LogP contribution in [-0.4, -0.2) is 46.2 Å². The van der Waals surface area contributed by atoms with Crippen molar-refractivity contribution < 1.29 is 19.1 Å². The van der Waals surface area contributed by atoms with Crippen molar-refractivity contribution in [1.29, 1.82) is 0 Å². The van der Waals surface area contributed by atoms with Crippen LogP contribution in [0.2, 0.25) is 0 Å². The highest BCUT2D eigenvalue weighted by molar-refractivity contribution is 6.07. The van der Waals surface area contributed by atoms with E-state index >= 15 is 0 Å². The summed E-state index contributed by atoms with van der Waals surface area (Å²) in [5.41, 5.74) is 4.71. The van der Waals surface area contributed by atoms with E-state index in [-0.39, 0.29) is 11.8 Å². The first-order valence-corrected chi connectivity index (χ1v) is 12.8. The average molecular weight is 536 g/mol. The molecular formula is C31H29N5O4. The summed E-state index contributed by atoms with van der Waals surface area (Å²) in [6.45, 7) is 4.51. The SMILES string of the molecule is CC#CCOc1ccc2c(c1)C(=O)N(C)C2.Cn1ncc2cc(-c3ccc(C4(C)NC(=O)NC4=O)cc3)ccc21. The highest BCUT2D eigenvalue weighted by atomic mass is 16.5. The number of urea groups is 1. The first-order valence-electron chi connectivity index (χ1n) is 12.8. The van der Waals surface area contributed by atoms with E-state index in [4.69, 9.17) is 4.74 Å². The maximum absolute atomic E-state index is 12.0. The monoisotopic (exact) mass is 535 g/mol. The van der Waals surface area contributed by atoms with E-state index in [2.05, 4.69) is 33.6 Å². The molecule has 0 bridgehead atoms. The van der Waals surface area contributed by atoms with Crippen molar-refractivity contribution in [2.45, 2.75) is 25.9 Å². The van der Waals surface area contributed by atoms with Crippen LogP contribution in [-0.2, 0) is 23.9 Å². The molecule has 0 radical (unpaired) electrons. The van der Waals surface area contributed by atoms with Crippen molar-refractivity contribution in [3.05, 3.63) is 83.6 Å². The number of aromatic nitrogens is 2. The van der Waals surface area contributed by atoms with Crippen molar-refractivity contribution >= 4 is 28.7 Å². The molecule has 3 heterocycles. The van der Waals surface area contributed by atoms with Crippen LogP contribution in [0.4, 0.5) is 4.79 Å². The summed E-state index contributed by atoms with van der Waals surface area (Å²) < 4.78 is 7.25. The van der Waals surface area contributed by atoms with Gasteiger partial charge in [-0.3, -0.25) is 19.6 Å². The van der Waals surface area contributed by atoms with Crippen molar-refractivity contribution in [1.82, 2.24) is 25.3 Å². The highest BCUT2D eigenvalue weighted by Gasteiger charge is 2.43. The van der Waals surface area contributed by atoms with Crippen LogP contribution in [0, 0.1) is 11.8 Å². The Labute approximate surface area is 232 Å². The number of nitrogens with zero attached hydrogens (tertiary/aromatic N) is 3. The van der Waals surface area contributed by atoms with E-state index in [9.17, 15) is 14.4 Å². The molecule has 1 atom stereocenters. The molecule has 3 aromatic carbocycles. The van der Waals surface area contributed by atoms with E-state index in [0.717, 1.165) is 38.7 Å². The second-order valence-corrected chi connectivity index (χ2v) is 9.85. The van der Waals surface area contributed by atoms with Gasteiger partial charge in [0.25, 0.3) is 11.8 Å². The van der Waals surface area contributed by atoms with E-state index in [1.54, 1.807) is 31.9 Å². The molecule has 1 fully saturated rings. The zero-order valence-electron chi connectivity index (χ0n) is 22.7. The molecule has 2 aliphatic heterocycles. The first kappa shape index (κ1) is 26.5. The Morgan fingerprint density at radius 1 is 1.00 bits per heavy atom. The zero-order chi connectivity index (χ0) is 28.4. The molecule has 9 nitrogen and oxygen atoms in total. The number of carbonyl (C=O) groups excluding carboxylic acids is 3. The van der Waals surface area contributed by atoms with Gasteiger partial charge < -0.3 is 15.0 Å². The molecule has 2 N–H and O–H groups in total. The summed E-state index contributed by atoms with van der Waals surface area (Å²) in [6, 6.07) is 19.0. The van der Waals surface area contributed by atoms with Crippen LogP contribution >= 0.6 is 0 Å². The van der Waals surface area contributed by atoms with Gasteiger partial charge in [-0.25, -0.2) is 4.79 Å². The van der Waals surface area contributed by atoms with Gasteiger partial charge >= 0.3 is 6.03 Å². The van der Waals surface area contributed by atoms with Crippen LogP contribution in [0.15, 0.2) is 66.9 Å². The number of nitrogens with one attached hydrogen (secondary N) is 2. The van der Waals surface area contributed by atoms with Gasteiger partial charge in [-0.05, 0) is 60.4 Å². The fraction of sp³-hybridized carbons (Fsp3) is 0.226. The normalized spacial score (nSPS) is 17.4. The fourth-order valence-electron chi connectivity index (χ4n) is 4.79. The smallest absolute Gasteiger partial charge is 0.322 e. The lowest BCUT2D eigenvalue weighted by molar-refractivity contribution is -0.123. The molecule has 4 aromatic rings. The number of amides is 4. The molecule has 202 valence electrons. The third-order valence-corrected chi connectivity index (χ3v) is 7.14. The quantitative estimate of drug-likeness (QED) is 0.304. The summed E-state index contributed by atoms with van der Waals surface area (Å²) in [4.78, 5) is 36.8. The third kappa shape index (κ3) is 4.99. The van der Waals surface area contributed by atoms with Gasteiger partial charge in [0.15, 0.2) is 0 Å². The maximum atomic E-state index is 12.0. The van der Waals surface area contributed by atoms with E-state index in [0.29, 0.717) is 18.9 Å². The van der Waals surface area contributed by atoms with Crippen molar-refractivity contribution in [3.8, 4) is 28.7 Å². The summed E-state index contributed by atoms with van der Waals surface area (Å²) in [5.74, 6) is 5.99. The fourth-order valence-corrected chi connectivity index (χ4v) is 4.79.